The van der Waals surface area contributed by atoms with E-state index in [2.05, 4.69) is 32.4 Å². The monoisotopic (exact) mass is 158 g/mol. The van der Waals surface area contributed by atoms with Gasteiger partial charge in [0.15, 0.2) is 0 Å². The van der Waals surface area contributed by atoms with Crippen molar-refractivity contribution < 1.29 is 12.6 Å². The first kappa shape index (κ1) is 8.87. The van der Waals surface area contributed by atoms with Gasteiger partial charge < -0.3 is 8.37 Å². The standard InChI is InChI=1S/C6H6O3S/c1-3-5-8-10(7)9-6-4-2/h1-2H3. The van der Waals surface area contributed by atoms with Gasteiger partial charge in [0.25, 0.3) is 0 Å². The Balaban J connectivity index is 3.58. The molecule has 4 heteroatoms. The molecule has 54 valence electrons. The van der Waals surface area contributed by atoms with Crippen molar-refractivity contribution in [2.24, 2.45) is 0 Å². The zero-order valence-electron chi connectivity index (χ0n) is 5.63. The van der Waals surface area contributed by atoms with E-state index >= 15 is 0 Å². The Morgan fingerprint density at radius 2 is 1.50 bits per heavy atom. The largest absolute Gasteiger partial charge is 0.435 e. The van der Waals surface area contributed by atoms with Crippen LogP contribution in [0.4, 0.5) is 0 Å². The summed E-state index contributed by atoms with van der Waals surface area (Å²) in [6.45, 7) is 3.12. The maximum absolute atomic E-state index is 10.4. The third-order valence-corrected chi connectivity index (χ3v) is 0.862. The summed E-state index contributed by atoms with van der Waals surface area (Å²) in [6.07, 6.45) is 4.23. The van der Waals surface area contributed by atoms with Crippen LogP contribution >= 0.6 is 0 Å². The van der Waals surface area contributed by atoms with Crippen molar-refractivity contribution in [1.82, 2.24) is 0 Å². The number of hydrogen-bond donors (Lipinski definition) is 0. The SMILES string of the molecule is CC#COS(=O)OC#CC. The van der Waals surface area contributed by atoms with Gasteiger partial charge in [0.1, 0.15) is 12.2 Å². The zero-order valence-corrected chi connectivity index (χ0v) is 6.45. The molecule has 10 heavy (non-hydrogen) atoms. The molecular weight excluding hydrogens is 152 g/mol. The highest BCUT2D eigenvalue weighted by molar-refractivity contribution is 7.75. The first-order chi connectivity index (χ1) is 4.81. The lowest BCUT2D eigenvalue weighted by Crippen LogP contribution is -1.91. The fraction of sp³-hybridized carbons (Fsp3) is 0.333. The predicted octanol–water partition coefficient (Wildman–Crippen LogP) is 0.560. The molecule has 0 aliphatic rings. The van der Waals surface area contributed by atoms with E-state index in [-0.39, 0.29) is 0 Å². The summed E-state index contributed by atoms with van der Waals surface area (Å²) in [7, 11) is 0. The van der Waals surface area contributed by atoms with E-state index in [9.17, 15) is 4.21 Å². The molecule has 0 fully saturated rings. The quantitative estimate of drug-likeness (QED) is 0.551. The van der Waals surface area contributed by atoms with Crippen molar-refractivity contribution in [3.8, 4) is 24.1 Å². The van der Waals surface area contributed by atoms with E-state index in [0.717, 1.165) is 0 Å². The molecule has 0 aliphatic carbocycles. The highest BCUT2D eigenvalue weighted by atomic mass is 32.2. The molecule has 3 nitrogen and oxygen atoms in total. The molecule has 0 aliphatic heterocycles. The second-order valence-electron chi connectivity index (χ2n) is 1.07. The van der Waals surface area contributed by atoms with Gasteiger partial charge in [0.2, 0.25) is 0 Å². The molecule has 0 bridgehead atoms. The Morgan fingerprint density at radius 3 is 1.80 bits per heavy atom. The second-order valence-corrected chi connectivity index (χ2v) is 1.82. The van der Waals surface area contributed by atoms with Crippen molar-refractivity contribution in [2.45, 2.75) is 13.8 Å². The highest BCUT2D eigenvalue weighted by Gasteiger charge is 1.93. The molecule has 0 aromatic heterocycles. The van der Waals surface area contributed by atoms with Gasteiger partial charge in [-0.1, -0.05) is 11.8 Å². The Labute approximate surface area is 62.6 Å². The van der Waals surface area contributed by atoms with Gasteiger partial charge in [-0.2, -0.15) is 4.21 Å². The van der Waals surface area contributed by atoms with E-state index in [1.807, 2.05) is 0 Å². The van der Waals surface area contributed by atoms with Crippen molar-refractivity contribution >= 4 is 11.4 Å². The molecule has 0 unspecified atom stereocenters. The summed E-state index contributed by atoms with van der Waals surface area (Å²) in [6, 6.07) is 0. The molecule has 0 spiro atoms. The van der Waals surface area contributed by atoms with E-state index in [1.165, 1.54) is 0 Å². The molecule has 0 aromatic rings. The van der Waals surface area contributed by atoms with Crippen LogP contribution in [0.1, 0.15) is 13.8 Å². The van der Waals surface area contributed by atoms with Crippen LogP contribution in [0.15, 0.2) is 0 Å². The van der Waals surface area contributed by atoms with Crippen molar-refractivity contribution in [2.75, 3.05) is 0 Å². The summed E-state index contributed by atoms with van der Waals surface area (Å²) in [5.41, 5.74) is 0. The van der Waals surface area contributed by atoms with E-state index in [1.54, 1.807) is 13.8 Å². The van der Waals surface area contributed by atoms with Crippen molar-refractivity contribution in [3.05, 3.63) is 0 Å². The molecule has 0 atom stereocenters. The average molecular weight is 158 g/mol. The molecular formula is C6H6O3S. The topological polar surface area (TPSA) is 35.5 Å². The smallest absolute Gasteiger partial charge is 0.316 e. The van der Waals surface area contributed by atoms with Crippen LogP contribution < -0.4 is 0 Å². The molecule has 0 saturated heterocycles. The first-order valence-electron chi connectivity index (χ1n) is 2.41. The molecule has 0 N–H and O–H groups in total. The normalized spacial score (nSPS) is 6.70. The Hall–Kier alpha value is -1.13. The summed E-state index contributed by atoms with van der Waals surface area (Å²) < 4.78 is 19.0. The van der Waals surface area contributed by atoms with Gasteiger partial charge in [0.05, 0.1) is 0 Å². The summed E-state index contributed by atoms with van der Waals surface area (Å²) in [5, 5.41) is 0. The minimum Gasteiger partial charge on any atom is -0.316 e. The molecule has 0 radical (unpaired) electrons. The summed E-state index contributed by atoms with van der Waals surface area (Å²) in [5.74, 6) is 4.76. The third-order valence-electron chi connectivity index (χ3n) is 0.424. The number of hydrogen-bond acceptors (Lipinski definition) is 3. The van der Waals surface area contributed by atoms with Gasteiger partial charge in [-0.25, -0.2) is 0 Å². The second kappa shape index (κ2) is 6.00. The zero-order chi connectivity index (χ0) is 7.82. The lowest BCUT2D eigenvalue weighted by molar-refractivity contribution is 0.426. The van der Waals surface area contributed by atoms with Crippen LogP contribution in [-0.4, -0.2) is 4.21 Å². The van der Waals surface area contributed by atoms with Crippen LogP contribution in [-0.2, 0) is 19.7 Å². The fourth-order valence-corrected chi connectivity index (χ4v) is 0.505. The van der Waals surface area contributed by atoms with E-state index < -0.39 is 11.4 Å². The van der Waals surface area contributed by atoms with E-state index in [0.29, 0.717) is 0 Å². The lowest BCUT2D eigenvalue weighted by Gasteiger charge is -1.88. The average Bonchev–Trinajstić information content (AvgIpc) is 1.97. The van der Waals surface area contributed by atoms with Crippen LogP contribution in [0, 0.1) is 24.1 Å². The Kier molecular flexibility index (Phi) is 5.32. The molecule has 0 amide bonds. The molecule has 0 heterocycles. The minimum atomic E-state index is -1.87. The third kappa shape index (κ3) is 5.02. The van der Waals surface area contributed by atoms with Gasteiger partial charge in [-0.3, -0.25) is 0 Å². The minimum absolute atomic E-state index is 1.56. The van der Waals surface area contributed by atoms with Gasteiger partial charge in [-0.15, -0.1) is 0 Å². The first-order valence-corrected chi connectivity index (χ1v) is 3.41. The Morgan fingerprint density at radius 1 is 1.10 bits per heavy atom. The lowest BCUT2D eigenvalue weighted by atomic mass is 10.8. The maximum atomic E-state index is 10.4. The van der Waals surface area contributed by atoms with Crippen molar-refractivity contribution in [3.63, 3.8) is 0 Å². The van der Waals surface area contributed by atoms with Gasteiger partial charge in [-0.05, 0) is 0 Å². The number of rotatable bonds is 2. The predicted molar refractivity (Wildman–Crippen MR) is 37.2 cm³/mol. The molecule has 0 aromatic carbocycles. The maximum Gasteiger partial charge on any atom is 0.435 e. The highest BCUT2D eigenvalue weighted by Crippen LogP contribution is 1.83. The van der Waals surface area contributed by atoms with E-state index in [4.69, 9.17) is 0 Å². The van der Waals surface area contributed by atoms with Crippen molar-refractivity contribution in [1.29, 1.82) is 0 Å². The van der Waals surface area contributed by atoms with Crippen LogP contribution in [0.25, 0.3) is 0 Å². The molecule has 0 rings (SSSR count). The fourth-order valence-electron chi connectivity index (χ4n) is 0.168. The van der Waals surface area contributed by atoms with Gasteiger partial charge in [0, 0.05) is 13.8 Å². The Bertz CT molecular complexity index is 201. The molecule has 0 saturated carbocycles. The van der Waals surface area contributed by atoms with Gasteiger partial charge >= 0.3 is 11.4 Å². The van der Waals surface area contributed by atoms with Crippen LogP contribution in [0.3, 0.4) is 0 Å². The summed E-state index contributed by atoms with van der Waals surface area (Å²) >= 11 is -1.87. The van der Waals surface area contributed by atoms with Crippen LogP contribution in [0.5, 0.6) is 0 Å². The summed E-state index contributed by atoms with van der Waals surface area (Å²) in [4.78, 5) is 0. The van der Waals surface area contributed by atoms with Crippen LogP contribution in [0.2, 0.25) is 0 Å².